The Morgan fingerprint density at radius 2 is 1.98 bits per heavy atom. The number of hydrogen-bond acceptors (Lipinski definition) is 16. The Bertz CT molecular complexity index is 2050. The number of aromatic hydroxyl groups is 2. The number of thiazole rings is 1. The number of nitrogens with one attached hydrogen (secondary N) is 1. The lowest BCUT2D eigenvalue weighted by atomic mass is 10.0. The lowest BCUT2D eigenvalue weighted by molar-refractivity contribution is -0.689. The minimum absolute atomic E-state index is 0.0579. The summed E-state index contributed by atoms with van der Waals surface area (Å²) in [6, 6.07) is 2.02. The molecule has 1 aromatic carbocycles. The van der Waals surface area contributed by atoms with Crippen molar-refractivity contribution in [1.82, 2.24) is 20.2 Å². The van der Waals surface area contributed by atoms with E-state index in [2.05, 4.69) is 20.4 Å². The van der Waals surface area contributed by atoms with Crippen LogP contribution in [-0.2, 0) is 36.9 Å². The molecular weight excluding hydrogens is 727 g/mol. The number of fused-ring (bicyclic) bond motifs is 2. The maximum absolute atomic E-state index is 13.5. The van der Waals surface area contributed by atoms with Crippen molar-refractivity contribution in [1.29, 1.82) is 0 Å². The molecule has 0 unspecified atom stereocenters. The molecule has 51 heavy (non-hydrogen) atoms. The number of anilines is 2. The van der Waals surface area contributed by atoms with Gasteiger partial charge in [-0.1, -0.05) is 23.4 Å². The van der Waals surface area contributed by atoms with Crippen LogP contribution >= 0.6 is 34.9 Å². The monoisotopic (exact) mass is 756 g/mol. The summed E-state index contributed by atoms with van der Waals surface area (Å²) >= 11 is 3.52. The van der Waals surface area contributed by atoms with Crippen LogP contribution in [0.4, 0.5) is 10.9 Å². The number of nitrogen functional groups attached to an aromatic ring is 3. The smallest absolute Gasteiger partial charge is 0.385 e. The zero-order valence-corrected chi connectivity index (χ0v) is 28.7. The first-order valence-electron chi connectivity index (χ1n) is 15.0. The van der Waals surface area contributed by atoms with Crippen LogP contribution in [-0.4, -0.2) is 87.7 Å². The third-order valence-electron chi connectivity index (χ3n) is 8.08. The molecule has 18 nitrogen and oxygen atoms in total. The third kappa shape index (κ3) is 6.94. The quantitative estimate of drug-likeness (QED) is 0.0179. The summed E-state index contributed by atoms with van der Waals surface area (Å²) < 4.78 is 1.53. The Labute approximate surface area is 300 Å². The molecule has 0 bridgehead atoms. The number of aromatic nitrogens is 3. The zero-order chi connectivity index (χ0) is 36.6. The second-order valence-electron chi connectivity index (χ2n) is 11.3. The summed E-state index contributed by atoms with van der Waals surface area (Å²) in [5.74, 6) is 1.66. The largest absolute Gasteiger partial charge is 0.504 e. The molecule has 0 spiro atoms. The Hall–Kier alpha value is -5.54. The van der Waals surface area contributed by atoms with Gasteiger partial charge in [-0.15, -0.1) is 27.8 Å². The van der Waals surface area contributed by atoms with E-state index in [-0.39, 0.29) is 27.8 Å². The topological polar surface area (TPSA) is 294 Å². The second kappa shape index (κ2) is 14.4. The fourth-order valence-corrected chi connectivity index (χ4v) is 8.28. The summed E-state index contributed by atoms with van der Waals surface area (Å²) in [6.07, 6.45) is 4.12. The van der Waals surface area contributed by atoms with Gasteiger partial charge in [0, 0.05) is 28.9 Å². The minimum atomic E-state index is -1.82. The number of thioether (sulfide) groups is 2. The fourth-order valence-electron chi connectivity index (χ4n) is 5.66. The van der Waals surface area contributed by atoms with Gasteiger partial charge in [-0.05, 0) is 47.3 Å². The summed E-state index contributed by atoms with van der Waals surface area (Å²) in [4.78, 5) is 65.9. The van der Waals surface area contributed by atoms with Gasteiger partial charge in [0.2, 0.25) is 11.9 Å². The van der Waals surface area contributed by atoms with Crippen LogP contribution in [0, 0.1) is 0 Å². The molecule has 3 atom stereocenters. The fraction of sp³-hybridized carbons (Fsp3) is 0.267. The Morgan fingerprint density at radius 1 is 1.20 bits per heavy atom. The van der Waals surface area contributed by atoms with E-state index in [1.807, 2.05) is 0 Å². The van der Waals surface area contributed by atoms with Gasteiger partial charge in [0.05, 0.1) is 5.56 Å². The van der Waals surface area contributed by atoms with E-state index in [1.165, 1.54) is 39.6 Å². The Balaban J connectivity index is 1.16. The van der Waals surface area contributed by atoms with Crippen LogP contribution in [0.3, 0.4) is 0 Å². The number of hydrogen-bond donors (Lipinski definition) is 8. The summed E-state index contributed by atoms with van der Waals surface area (Å²) in [5.41, 5.74) is 13.2. The van der Waals surface area contributed by atoms with Gasteiger partial charge in [0.25, 0.3) is 11.8 Å². The molecule has 6 rings (SSSR count). The number of allylic oxidation sites excluding steroid dienone is 1. The first kappa shape index (κ1) is 35.3. The van der Waals surface area contributed by atoms with Crippen LogP contribution in [0.5, 0.6) is 11.5 Å². The number of phenols is 2. The van der Waals surface area contributed by atoms with Gasteiger partial charge in [0.1, 0.15) is 28.5 Å². The standard InChI is InChI=1S/C30H29N9O9S3/c31-23-14-4-1-5-16(14)39(33)30(36-23)49-8-2-3-13-10-50-26-20(25(43)38(26)21(13)27(44)45)35-24(42)19(15-11-51-29(32)34-15)37-48-22(28(46)47)12-6-7-17(40)18(41)9-12/h2-3,6-7,9,11,20,22,26,31H,1,4-5,8,10,33H2,(H7,32,34,35,37,40,41,42,44,45,46,47)/p+1/b3-2+/t20-,22+,26-/m1/s1. The van der Waals surface area contributed by atoms with Crippen LogP contribution in [0.25, 0.3) is 0 Å². The highest BCUT2D eigenvalue weighted by molar-refractivity contribution is 8.00. The third-order valence-corrected chi connectivity index (χ3v) is 11.0. The Morgan fingerprint density at radius 3 is 2.67 bits per heavy atom. The Kier molecular flexibility index (Phi) is 9.94. The van der Waals surface area contributed by atoms with Crippen molar-refractivity contribution in [2.45, 2.75) is 41.9 Å². The van der Waals surface area contributed by atoms with Crippen molar-refractivity contribution in [3.8, 4) is 11.5 Å². The molecule has 1 saturated heterocycles. The van der Waals surface area contributed by atoms with Crippen molar-refractivity contribution in [3.05, 3.63) is 69.5 Å². The molecule has 2 amide bonds. The zero-order valence-electron chi connectivity index (χ0n) is 26.3. The molecule has 3 aliphatic rings. The molecule has 1 aliphatic carbocycles. The number of amides is 2. The lowest BCUT2D eigenvalue weighted by Crippen LogP contribution is -2.71. The molecule has 21 heteroatoms. The molecule has 1 fully saturated rings. The number of nitrogens with two attached hydrogens (primary N) is 3. The van der Waals surface area contributed by atoms with Gasteiger partial charge in [-0.3, -0.25) is 20.3 Å². The van der Waals surface area contributed by atoms with E-state index in [0.29, 0.717) is 22.3 Å². The molecule has 11 N–H and O–H groups in total. The summed E-state index contributed by atoms with van der Waals surface area (Å²) in [5, 5.41) is 46.7. The predicted molar refractivity (Wildman–Crippen MR) is 185 cm³/mol. The number of carbonyl (C=O) groups is 4. The van der Waals surface area contributed by atoms with Crippen LogP contribution in [0.15, 0.2) is 57.3 Å². The summed E-state index contributed by atoms with van der Waals surface area (Å²) in [6.45, 7) is 0. The SMILES string of the molecule is Nc1nc(/C(=N/O[C@H](C(=O)O)c2ccc(O)c(O)c2)C(=O)N[C@@H]2C(=O)N3C(C(=O)O)=C(/C=C/CSc4nc(N)c5c([n+]4N)CCC5)CS[C@H]23)cs1. The number of nitrogens with zero attached hydrogens (tertiary/aromatic N) is 5. The van der Waals surface area contributed by atoms with Crippen molar-refractivity contribution in [3.63, 3.8) is 0 Å². The number of phenolic OH excluding ortho intramolecular Hbond substituents is 2. The minimum Gasteiger partial charge on any atom is -0.504 e. The maximum atomic E-state index is 13.5. The molecule has 4 heterocycles. The highest BCUT2D eigenvalue weighted by atomic mass is 32.2. The second-order valence-corrected chi connectivity index (χ2v) is 14.2. The number of carbonyl (C=O) groups excluding carboxylic acids is 2. The molecular formula is C30H30N9O9S3+. The average Bonchev–Trinajstić information content (AvgIpc) is 3.77. The lowest BCUT2D eigenvalue weighted by Gasteiger charge is -2.49. The predicted octanol–water partition coefficient (Wildman–Crippen LogP) is 0.237. The van der Waals surface area contributed by atoms with Gasteiger partial charge < -0.3 is 42.0 Å². The molecule has 266 valence electrons. The average molecular weight is 757 g/mol. The molecule has 0 saturated carbocycles. The molecule has 2 aliphatic heterocycles. The van der Waals surface area contributed by atoms with Crippen molar-refractivity contribution >= 4 is 75.3 Å². The first-order valence-corrected chi connectivity index (χ1v) is 18.0. The highest BCUT2D eigenvalue weighted by Gasteiger charge is 2.54. The van der Waals surface area contributed by atoms with E-state index < -0.39 is 58.5 Å². The van der Waals surface area contributed by atoms with Crippen molar-refractivity contribution in [2.75, 3.05) is 28.8 Å². The van der Waals surface area contributed by atoms with Crippen LogP contribution in [0.1, 0.15) is 35.0 Å². The van der Waals surface area contributed by atoms with Gasteiger partial charge >= 0.3 is 17.1 Å². The van der Waals surface area contributed by atoms with Crippen LogP contribution < -0.4 is 27.3 Å². The number of aliphatic carboxylic acids is 2. The number of rotatable bonds is 12. The first-order chi connectivity index (χ1) is 24.3. The number of carboxylic acids is 2. The molecule has 0 radical (unpaired) electrons. The van der Waals surface area contributed by atoms with E-state index in [9.17, 15) is 39.6 Å². The van der Waals surface area contributed by atoms with Gasteiger partial charge in [-0.25, -0.2) is 14.6 Å². The molecule has 3 aromatic rings. The van der Waals surface area contributed by atoms with E-state index in [1.54, 1.807) is 12.2 Å². The number of carboxylic acid groups (broad SMARTS) is 2. The number of β-lactam (4-membered cyclic amide) rings is 1. The van der Waals surface area contributed by atoms with E-state index in [0.717, 1.165) is 58.9 Å². The van der Waals surface area contributed by atoms with Crippen LogP contribution in [0.2, 0.25) is 0 Å². The highest BCUT2D eigenvalue weighted by Crippen LogP contribution is 2.41. The van der Waals surface area contributed by atoms with Crippen molar-refractivity contribution < 1.29 is 49.1 Å². The van der Waals surface area contributed by atoms with Crippen molar-refractivity contribution in [2.24, 2.45) is 5.16 Å². The van der Waals surface area contributed by atoms with E-state index in [4.69, 9.17) is 22.1 Å². The maximum Gasteiger partial charge on any atom is 0.385 e. The van der Waals surface area contributed by atoms with E-state index >= 15 is 0 Å². The molecule has 2 aromatic heterocycles. The normalized spacial score (nSPS) is 19.0. The number of oxime groups is 1. The van der Waals surface area contributed by atoms with Gasteiger partial charge in [0.15, 0.2) is 22.3 Å². The summed E-state index contributed by atoms with van der Waals surface area (Å²) in [7, 11) is 0. The number of benzene rings is 1. The van der Waals surface area contributed by atoms with Gasteiger partial charge in [-0.2, -0.15) is 0 Å².